The number of hydrogen-bond acceptors (Lipinski definition) is 4. The lowest BCUT2D eigenvalue weighted by Crippen LogP contribution is -2.18. The van der Waals surface area contributed by atoms with Crippen LogP contribution in [0.5, 0.6) is 0 Å². The Bertz CT molecular complexity index is 463. The van der Waals surface area contributed by atoms with Gasteiger partial charge in [0.15, 0.2) is 0 Å². The van der Waals surface area contributed by atoms with Crippen LogP contribution in [0.15, 0.2) is 29.9 Å². The normalized spacial score (nSPS) is 10.2. The van der Waals surface area contributed by atoms with E-state index >= 15 is 0 Å². The maximum Gasteiger partial charge on any atom is 0.239 e. The van der Waals surface area contributed by atoms with Crippen LogP contribution < -0.4 is 11.1 Å². The van der Waals surface area contributed by atoms with E-state index in [0.29, 0.717) is 0 Å². The van der Waals surface area contributed by atoms with Gasteiger partial charge in [0.1, 0.15) is 6.54 Å². The number of anilines is 1. The zero-order chi connectivity index (χ0) is 11.4. The van der Waals surface area contributed by atoms with E-state index in [1.54, 1.807) is 23.7 Å². The fourth-order valence-electron chi connectivity index (χ4n) is 1.30. The van der Waals surface area contributed by atoms with E-state index in [4.69, 9.17) is 5.73 Å². The van der Waals surface area contributed by atoms with E-state index in [9.17, 15) is 4.79 Å². The number of primary amides is 1. The highest BCUT2D eigenvalue weighted by Crippen LogP contribution is 2.12. The van der Waals surface area contributed by atoms with Crippen LogP contribution in [0.3, 0.4) is 0 Å². The van der Waals surface area contributed by atoms with Crippen molar-refractivity contribution < 1.29 is 4.79 Å². The number of nitrogens with two attached hydrogens (primary N) is 1. The van der Waals surface area contributed by atoms with Crippen LogP contribution in [-0.4, -0.2) is 15.7 Å². The van der Waals surface area contributed by atoms with Gasteiger partial charge < -0.3 is 11.1 Å². The summed E-state index contributed by atoms with van der Waals surface area (Å²) in [6, 6.07) is 4.07. The molecule has 0 aliphatic rings. The number of carbonyl (C=O) groups excluding carboxylic acids is 1. The maximum atomic E-state index is 10.7. The Labute approximate surface area is 96.9 Å². The molecule has 5 nitrogen and oxygen atoms in total. The van der Waals surface area contributed by atoms with Gasteiger partial charge in [0.2, 0.25) is 5.91 Å². The molecule has 0 aromatic carbocycles. The van der Waals surface area contributed by atoms with E-state index < -0.39 is 5.91 Å². The third-order valence-electron chi connectivity index (χ3n) is 2.00. The number of carbonyl (C=O) groups is 1. The predicted octanol–water partition coefficient (Wildman–Crippen LogP) is 1.04. The molecule has 2 rings (SSSR count). The molecule has 0 fully saturated rings. The molecule has 84 valence electrons. The van der Waals surface area contributed by atoms with Gasteiger partial charge in [-0.3, -0.25) is 9.48 Å². The van der Waals surface area contributed by atoms with E-state index in [2.05, 4.69) is 16.5 Å². The minimum absolute atomic E-state index is 0.112. The van der Waals surface area contributed by atoms with E-state index in [-0.39, 0.29) is 6.54 Å². The lowest BCUT2D eigenvalue weighted by atomic mass is 10.4. The Hall–Kier alpha value is -1.82. The summed E-state index contributed by atoms with van der Waals surface area (Å²) in [6.45, 7) is 0.876. The average molecular weight is 236 g/mol. The zero-order valence-corrected chi connectivity index (χ0v) is 9.41. The van der Waals surface area contributed by atoms with Gasteiger partial charge in [0, 0.05) is 17.6 Å². The first kappa shape index (κ1) is 10.7. The first-order valence-electron chi connectivity index (χ1n) is 4.81. The summed E-state index contributed by atoms with van der Waals surface area (Å²) in [5.74, 6) is -0.395. The predicted molar refractivity (Wildman–Crippen MR) is 63.1 cm³/mol. The Balaban J connectivity index is 1.90. The average Bonchev–Trinajstić information content (AvgIpc) is 2.84. The Morgan fingerprint density at radius 1 is 1.62 bits per heavy atom. The SMILES string of the molecule is NC(=O)Cn1cc(NCc2cccs2)cn1. The summed E-state index contributed by atoms with van der Waals surface area (Å²) in [7, 11) is 0. The zero-order valence-electron chi connectivity index (χ0n) is 8.59. The quantitative estimate of drug-likeness (QED) is 0.814. The molecule has 6 heteroatoms. The first-order valence-corrected chi connectivity index (χ1v) is 5.69. The monoisotopic (exact) mass is 236 g/mol. The molecule has 16 heavy (non-hydrogen) atoms. The molecule has 0 spiro atoms. The largest absolute Gasteiger partial charge is 0.378 e. The number of hydrogen-bond donors (Lipinski definition) is 2. The van der Waals surface area contributed by atoms with Crippen molar-refractivity contribution in [1.29, 1.82) is 0 Å². The molecule has 0 unspecified atom stereocenters. The molecule has 0 saturated carbocycles. The summed E-state index contributed by atoms with van der Waals surface area (Å²) < 4.78 is 1.51. The smallest absolute Gasteiger partial charge is 0.239 e. The van der Waals surface area contributed by atoms with Crippen molar-refractivity contribution in [1.82, 2.24) is 9.78 Å². The van der Waals surface area contributed by atoms with Crippen LogP contribution in [0.4, 0.5) is 5.69 Å². The van der Waals surface area contributed by atoms with Gasteiger partial charge >= 0.3 is 0 Å². The standard InChI is InChI=1S/C10H12N4OS/c11-10(15)7-14-6-8(4-13-14)12-5-9-2-1-3-16-9/h1-4,6,12H,5,7H2,(H2,11,15). The van der Waals surface area contributed by atoms with Gasteiger partial charge in [-0.25, -0.2) is 0 Å². The molecule has 0 bridgehead atoms. The molecule has 2 aromatic heterocycles. The lowest BCUT2D eigenvalue weighted by molar-refractivity contribution is -0.118. The van der Waals surface area contributed by atoms with Gasteiger partial charge in [0.05, 0.1) is 11.9 Å². The van der Waals surface area contributed by atoms with Gasteiger partial charge in [-0.1, -0.05) is 6.07 Å². The van der Waals surface area contributed by atoms with E-state index in [1.165, 1.54) is 9.56 Å². The lowest BCUT2D eigenvalue weighted by Gasteiger charge is -1.99. The molecule has 2 heterocycles. The molecule has 2 aromatic rings. The van der Waals surface area contributed by atoms with Gasteiger partial charge in [-0.15, -0.1) is 11.3 Å². The van der Waals surface area contributed by atoms with Crippen molar-refractivity contribution in [3.8, 4) is 0 Å². The first-order chi connectivity index (χ1) is 7.74. The molecule has 0 aliphatic carbocycles. The molecule has 0 radical (unpaired) electrons. The van der Waals surface area contributed by atoms with Crippen LogP contribution in [0.2, 0.25) is 0 Å². The molecular weight excluding hydrogens is 224 g/mol. The molecule has 1 amide bonds. The Kier molecular flexibility index (Phi) is 3.21. The maximum absolute atomic E-state index is 10.7. The third kappa shape index (κ3) is 2.83. The second-order valence-corrected chi connectivity index (χ2v) is 4.36. The number of amides is 1. The van der Waals surface area contributed by atoms with Crippen LogP contribution in [-0.2, 0) is 17.9 Å². The van der Waals surface area contributed by atoms with Gasteiger partial charge in [-0.2, -0.15) is 5.10 Å². The van der Waals surface area contributed by atoms with Crippen molar-refractivity contribution in [3.05, 3.63) is 34.8 Å². The summed E-state index contributed by atoms with van der Waals surface area (Å²) >= 11 is 1.70. The van der Waals surface area contributed by atoms with Crippen molar-refractivity contribution in [2.45, 2.75) is 13.1 Å². The highest BCUT2D eigenvalue weighted by molar-refractivity contribution is 7.09. The summed E-state index contributed by atoms with van der Waals surface area (Å²) in [5.41, 5.74) is 5.95. The van der Waals surface area contributed by atoms with Gasteiger partial charge in [-0.05, 0) is 11.4 Å². The van der Waals surface area contributed by atoms with Crippen LogP contribution in [0.25, 0.3) is 0 Å². The fraction of sp³-hybridized carbons (Fsp3) is 0.200. The number of nitrogens with zero attached hydrogens (tertiary/aromatic N) is 2. The second-order valence-electron chi connectivity index (χ2n) is 3.33. The summed E-state index contributed by atoms with van der Waals surface area (Å²) in [5, 5.41) is 9.26. The Morgan fingerprint density at radius 2 is 2.50 bits per heavy atom. The number of nitrogens with one attached hydrogen (secondary N) is 1. The van der Waals surface area contributed by atoms with Gasteiger partial charge in [0.25, 0.3) is 0 Å². The van der Waals surface area contributed by atoms with Crippen molar-refractivity contribution in [2.24, 2.45) is 5.73 Å². The van der Waals surface area contributed by atoms with Crippen LogP contribution >= 0.6 is 11.3 Å². The topological polar surface area (TPSA) is 72.9 Å². The van der Waals surface area contributed by atoms with E-state index in [1.807, 2.05) is 11.4 Å². The molecule has 3 N–H and O–H groups in total. The highest BCUT2D eigenvalue weighted by Gasteiger charge is 2.01. The number of thiophene rings is 1. The number of aromatic nitrogens is 2. The van der Waals surface area contributed by atoms with Crippen molar-refractivity contribution in [3.63, 3.8) is 0 Å². The van der Waals surface area contributed by atoms with Crippen LogP contribution in [0, 0.1) is 0 Å². The minimum Gasteiger partial charge on any atom is -0.378 e. The summed E-state index contributed by atoms with van der Waals surface area (Å²) in [4.78, 5) is 11.9. The number of rotatable bonds is 5. The highest BCUT2D eigenvalue weighted by atomic mass is 32.1. The third-order valence-corrected chi connectivity index (χ3v) is 2.87. The van der Waals surface area contributed by atoms with Crippen LogP contribution in [0.1, 0.15) is 4.88 Å². The minimum atomic E-state index is -0.395. The van der Waals surface area contributed by atoms with Crippen molar-refractivity contribution in [2.75, 3.05) is 5.32 Å². The molecule has 0 atom stereocenters. The molecular formula is C10H12N4OS. The van der Waals surface area contributed by atoms with Crippen molar-refractivity contribution >= 4 is 22.9 Å². The Morgan fingerprint density at radius 3 is 3.19 bits per heavy atom. The molecule has 0 saturated heterocycles. The fourth-order valence-corrected chi connectivity index (χ4v) is 1.95. The molecule has 0 aliphatic heterocycles. The van der Waals surface area contributed by atoms with E-state index in [0.717, 1.165) is 12.2 Å². The summed E-state index contributed by atoms with van der Waals surface area (Å²) in [6.07, 6.45) is 3.44. The second kappa shape index (κ2) is 4.80.